The van der Waals surface area contributed by atoms with E-state index < -0.39 is 17.0 Å². The first-order valence-corrected chi connectivity index (χ1v) is 3.03. The molecule has 0 rings (SSSR count). The van der Waals surface area contributed by atoms with E-state index in [1.807, 2.05) is 0 Å². The molecule has 0 radical (unpaired) electrons. The van der Waals surface area contributed by atoms with Crippen molar-refractivity contribution in [2.75, 3.05) is 0 Å². The van der Waals surface area contributed by atoms with Gasteiger partial charge in [0.05, 0.1) is 0 Å². The van der Waals surface area contributed by atoms with E-state index in [2.05, 4.69) is 0 Å². The quantitative estimate of drug-likeness (QED) is 0.373. The molecule has 0 aromatic rings. The second-order valence-electron chi connectivity index (χ2n) is 2.00. The van der Waals surface area contributed by atoms with Crippen LogP contribution in [0.5, 0.6) is 0 Å². The maximum absolute atomic E-state index is 10.4. The summed E-state index contributed by atoms with van der Waals surface area (Å²) in [6.45, 7) is 0. The lowest BCUT2D eigenvalue weighted by Gasteiger charge is -2.03. The molecular formula is C5H10N2O4. The second kappa shape index (κ2) is 4.64. The number of nitrogens with zero attached hydrogens (tertiary/aromatic N) is 1. The van der Waals surface area contributed by atoms with Crippen LogP contribution in [0.25, 0.3) is 0 Å². The van der Waals surface area contributed by atoms with E-state index in [1.54, 1.807) is 0 Å². The third-order valence-electron chi connectivity index (χ3n) is 1.04. The minimum absolute atomic E-state index is 0.0690. The van der Waals surface area contributed by atoms with Crippen molar-refractivity contribution >= 4 is 11.8 Å². The smallest absolute Gasteiger partial charge is 0.273 e. The van der Waals surface area contributed by atoms with Gasteiger partial charge in [-0.15, -0.1) is 0 Å². The first kappa shape index (κ1) is 9.86. The molecular weight excluding hydrogens is 152 g/mol. The Kier molecular flexibility index (Phi) is 4.16. The number of rotatable bonds is 4. The van der Waals surface area contributed by atoms with Crippen molar-refractivity contribution < 1.29 is 20.0 Å². The Bertz CT molecular complexity index is 157. The van der Waals surface area contributed by atoms with Gasteiger partial charge in [-0.05, 0) is 6.42 Å². The molecule has 64 valence electrons. The van der Waals surface area contributed by atoms with E-state index in [4.69, 9.17) is 16.1 Å². The normalized spacial score (nSPS) is 9.27. The molecule has 4 N–H and O–H groups in total. The first-order chi connectivity index (χ1) is 5.04. The van der Waals surface area contributed by atoms with Gasteiger partial charge in [-0.1, -0.05) is 5.23 Å². The number of hydrogen-bond acceptors (Lipinski definition) is 4. The summed E-state index contributed by atoms with van der Waals surface area (Å²) in [4.78, 5) is 20.5. The van der Waals surface area contributed by atoms with E-state index in [9.17, 15) is 9.59 Å². The third-order valence-corrected chi connectivity index (χ3v) is 1.04. The largest absolute Gasteiger partial charge is 0.370 e. The number of carbonyl (C=O) groups is 2. The molecule has 0 aromatic heterocycles. The zero-order chi connectivity index (χ0) is 8.85. The van der Waals surface area contributed by atoms with Gasteiger partial charge in [0.15, 0.2) is 0 Å². The standard InChI is InChI=1S/C5H10N2O4/c6-4(8)2-1-3-5(9)7(10)11/h10-11H,1-3H2,(H2,6,8). The van der Waals surface area contributed by atoms with Gasteiger partial charge in [-0.2, -0.15) is 0 Å². The highest BCUT2D eigenvalue weighted by Gasteiger charge is 2.07. The maximum Gasteiger partial charge on any atom is 0.273 e. The molecule has 0 aromatic carbocycles. The lowest BCUT2D eigenvalue weighted by molar-refractivity contribution is -0.285. The number of carbonyl (C=O) groups excluding carboxylic acids is 2. The van der Waals surface area contributed by atoms with Crippen LogP contribution in [0.15, 0.2) is 0 Å². The molecule has 0 atom stereocenters. The van der Waals surface area contributed by atoms with E-state index in [0.29, 0.717) is 0 Å². The van der Waals surface area contributed by atoms with Crippen LogP contribution in [0.2, 0.25) is 0 Å². The summed E-state index contributed by atoms with van der Waals surface area (Å²) in [5, 5.41) is 15.7. The van der Waals surface area contributed by atoms with Gasteiger partial charge in [-0.3, -0.25) is 20.0 Å². The van der Waals surface area contributed by atoms with Crippen LogP contribution in [-0.2, 0) is 9.59 Å². The molecule has 0 spiro atoms. The van der Waals surface area contributed by atoms with E-state index in [0.717, 1.165) is 0 Å². The van der Waals surface area contributed by atoms with Crippen LogP contribution in [0.3, 0.4) is 0 Å². The van der Waals surface area contributed by atoms with Crippen LogP contribution < -0.4 is 5.73 Å². The zero-order valence-corrected chi connectivity index (χ0v) is 5.86. The van der Waals surface area contributed by atoms with E-state index in [1.165, 1.54) is 0 Å². The topological polar surface area (TPSA) is 104 Å². The Hall–Kier alpha value is -1.14. The summed E-state index contributed by atoms with van der Waals surface area (Å²) in [6, 6.07) is 0. The van der Waals surface area contributed by atoms with Crippen molar-refractivity contribution in [1.82, 2.24) is 5.23 Å². The fraction of sp³-hybridized carbons (Fsp3) is 0.600. The van der Waals surface area contributed by atoms with Gasteiger partial charge in [0, 0.05) is 12.8 Å². The number of hydrogen-bond donors (Lipinski definition) is 3. The first-order valence-electron chi connectivity index (χ1n) is 3.03. The molecule has 11 heavy (non-hydrogen) atoms. The molecule has 0 aliphatic rings. The van der Waals surface area contributed by atoms with Gasteiger partial charge in [0.25, 0.3) is 5.91 Å². The van der Waals surface area contributed by atoms with Crippen LogP contribution in [-0.4, -0.2) is 27.5 Å². The molecule has 0 fully saturated rings. The molecule has 0 aliphatic heterocycles. The Morgan fingerprint density at radius 3 is 2.18 bits per heavy atom. The van der Waals surface area contributed by atoms with Crippen molar-refractivity contribution in [2.45, 2.75) is 19.3 Å². The Balaban J connectivity index is 3.39. The highest BCUT2D eigenvalue weighted by atomic mass is 16.8. The molecule has 6 heteroatoms. The number of amides is 2. The van der Waals surface area contributed by atoms with Gasteiger partial charge in [0.2, 0.25) is 5.91 Å². The molecule has 6 nitrogen and oxygen atoms in total. The number of hydroxylamine groups is 2. The van der Waals surface area contributed by atoms with Crippen LogP contribution in [0.4, 0.5) is 0 Å². The highest BCUT2D eigenvalue weighted by molar-refractivity contribution is 5.76. The Morgan fingerprint density at radius 2 is 1.82 bits per heavy atom. The molecule has 0 saturated heterocycles. The van der Waals surface area contributed by atoms with Crippen molar-refractivity contribution in [3.8, 4) is 0 Å². The van der Waals surface area contributed by atoms with Crippen molar-refractivity contribution in [2.24, 2.45) is 5.73 Å². The molecule has 0 heterocycles. The summed E-state index contributed by atoms with van der Waals surface area (Å²) >= 11 is 0. The third kappa shape index (κ3) is 5.31. The fourth-order valence-corrected chi connectivity index (χ4v) is 0.514. The minimum Gasteiger partial charge on any atom is -0.370 e. The summed E-state index contributed by atoms with van der Waals surface area (Å²) in [7, 11) is 0. The summed E-state index contributed by atoms with van der Waals surface area (Å²) in [6.07, 6.45) is 0.196. The summed E-state index contributed by atoms with van der Waals surface area (Å²) < 4.78 is 0. The van der Waals surface area contributed by atoms with E-state index >= 15 is 0 Å². The van der Waals surface area contributed by atoms with Crippen molar-refractivity contribution in [3.05, 3.63) is 0 Å². The maximum atomic E-state index is 10.4. The second-order valence-corrected chi connectivity index (χ2v) is 2.00. The van der Waals surface area contributed by atoms with Crippen LogP contribution >= 0.6 is 0 Å². The molecule has 0 aliphatic carbocycles. The lowest BCUT2D eigenvalue weighted by atomic mass is 10.2. The SMILES string of the molecule is NC(=O)CCCC(=O)N(O)O. The van der Waals surface area contributed by atoms with Gasteiger partial charge >= 0.3 is 0 Å². The molecule has 0 bridgehead atoms. The number of primary amides is 1. The highest BCUT2D eigenvalue weighted by Crippen LogP contribution is 1.96. The average Bonchev–Trinajstić information content (AvgIpc) is 1.86. The van der Waals surface area contributed by atoms with Crippen molar-refractivity contribution in [1.29, 1.82) is 0 Å². The van der Waals surface area contributed by atoms with Gasteiger partial charge < -0.3 is 5.73 Å². The monoisotopic (exact) mass is 162 g/mol. The van der Waals surface area contributed by atoms with Crippen LogP contribution in [0.1, 0.15) is 19.3 Å². The van der Waals surface area contributed by atoms with E-state index in [-0.39, 0.29) is 19.3 Å². The fourth-order valence-electron chi connectivity index (χ4n) is 0.514. The summed E-state index contributed by atoms with van der Waals surface area (Å²) in [5.74, 6) is -1.37. The predicted molar refractivity (Wildman–Crippen MR) is 33.5 cm³/mol. The number of nitrogens with two attached hydrogens (primary N) is 1. The zero-order valence-electron chi connectivity index (χ0n) is 5.86. The van der Waals surface area contributed by atoms with Crippen molar-refractivity contribution in [3.63, 3.8) is 0 Å². The summed E-state index contributed by atoms with van der Waals surface area (Å²) in [5.41, 5.74) is 4.77. The van der Waals surface area contributed by atoms with Crippen LogP contribution in [0, 0.1) is 0 Å². The molecule has 0 saturated carbocycles. The molecule has 2 amide bonds. The van der Waals surface area contributed by atoms with Gasteiger partial charge in [-0.25, -0.2) is 0 Å². The Morgan fingerprint density at radius 1 is 1.27 bits per heavy atom. The molecule has 0 unspecified atom stereocenters. The minimum atomic E-state index is -0.855. The Labute approximate surface area is 63.1 Å². The predicted octanol–water partition coefficient (Wildman–Crippen LogP) is -0.751. The lowest BCUT2D eigenvalue weighted by Crippen LogP contribution is -2.23. The van der Waals surface area contributed by atoms with Gasteiger partial charge in [0.1, 0.15) is 0 Å². The average molecular weight is 162 g/mol.